The lowest BCUT2D eigenvalue weighted by atomic mass is 9.84. The molecule has 0 fully saturated rings. The molecule has 1 aliphatic rings. The monoisotopic (exact) mass is 282 g/mol. The lowest BCUT2D eigenvalue weighted by Gasteiger charge is -2.25. The summed E-state index contributed by atoms with van der Waals surface area (Å²) in [5.41, 5.74) is 5.60. The molecule has 3 rings (SSSR count). The van der Waals surface area contributed by atoms with Crippen LogP contribution in [0.15, 0.2) is 18.3 Å². The molecule has 0 aliphatic heterocycles. The molecule has 0 amide bonds. The summed E-state index contributed by atoms with van der Waals surface area (Å²) >= 11 is 0. The van der Waals surface area contributed by atoms with Crippen molar-refractivity contribution in [1.29, 1.82) is 0 Å². The van der Waals surface area contributed by atoms with Gasteiger partial charge in [0.15, 0.2) is 0 Å². The number of nitrogens with zero attached hydrogens (tertiary/aromatic N) is 3. The minimum absolute atomic E-state index is 0.260. The van der Waals surface area contributed by atoms with Crippen molar-refractivity contribution in [2.24, 2.45) is 0 Å². The first-order valence-corrected chi connectivity index (χ1v) is 7.73. The van der Waals surface area contributed by atoms with Gasteiger partial charge in [0.2, 0.25) is 0 Å². The van der Waals surface area contributed by atoms with Gasteiger partial charge in [-0.25, -0.2) is 4.98 Å². The number of hydrogen-bond donors (Lipinski definition) is 1. The Morgan fingerprint density at radius 1 is 1.19 bits per heavy atom. The average molecular weight is 282 g/mol. The number of aryl methyl sites for hydroxylation is 3. The van der Waals surface area contributed by atoms with Gasteiger partial charge in [0.1, 0.15) is 5.82 Å². The van der Waals surface area contributed by atoms with Crippen LogP contribution in [0.2, 0.25) is 0 Å². The second kappa shape index (κ2) is 5.80. The molecule has 1 aliphatic carbocycles. The molecule has 0 saturated heterocycles. The van der Waals surface area contributed by atoms with Crippen molar-refractivity contribution in [3.8, 4) is 0 Å². The summed E-state index contributed by atoms with van der Waals surface area (Å²) in [6.07, 6.45) is 5.29. The van der Waals surface area contributed by atoms with Gasteiger partial charge in [-0.05, 0) is 51.7 Å². The maximum absolute atomic E-state index is 4.85. The Morgan fingerprint density at radius 2 is 2.00 bits per heavy atom. The molecule has 1 unspecified atom stereocenters. The molecule has 0 saturated carbocycles. The molecular formula is C17H22N4. The third-order valence-corrected chi connectivity index (χ3v) is 4.20. The Labute approximate surface area is 126 Å². The van der Waals surface area contributed by atoms with E-state index in [0.29, 0.717) is 0 Å². The van der Waals surface area contributed by atoms with Gasteiger partial charge in [-0.15, -0.1) is 0 Å². The molecule has 4 heteroatoms. The summed E-state index contributed by atoms with van der Waals surface area (Å²) in [7, 11) is 0. The molecule has 2 heterocycles. The van der Waals surface area contributed by atoms with Crippen molar-refractivity contribution < 1.29 is 0 Å². The standard InChI is InChI=1S/C17H22N4/c1-4-18-17-16(20-11(2)12(3)21-17)14-9-5-7-13-8-6-10-19-15(13)14/h6,8,10,14H,4-5,7,9H2,1-3H3,(H,18,21). The fourth-order valence-electron chi connectivity index (χ4n) is 3.04. The smallest absolute Gasteiger partial charge is 0.148 e. The van der Waals surface area contributed by atoms with Crippen LogP contribution >= 0.6 is 0 Å². The molecule has 0 spiro atoms. The van der Waals surface area contributed by atoms with E-state index in [2.05, 4.69) is 23.3 Å². The van der Waals surface area contributed by atoms with Gasteiger partial charge in [0.05, 0.1) is 22.8 Å². The molecule has 2 aromatic rings. The van der Waals surface area contributed by atoms with Crippen LogP contribution in [0.5, 0.6) is 0 Å². The van der Waals surface area contributed by atoms with Crippen LogP contribution in [-0.4, -0.2) is 21.5 Å². The normalized spacial score (nSPS) is 17.4. The molecule has 1 atom stereocenters. The maximum Gasteiger partial charge on any atom is 0.148 e. The highest BCUT2D eigenvalue weighted by atomic mass is 15.0. The minimum atomic E-state index is 0.260. The highest BCUT2D eigenvalue weighted by Gasteiger charge is 2.27. The summed E-state index contributed by atoms with van der Waals surface area (Å²) < 4.78 is 0. The lowest BCUT2D eigenvalue weighted by Crippen LogP contribution is -2.18. The molecular weight excluding hydrogens is 260 g/mol. The lowest BCUT2D eigenvalue weighted by molar-refractivity contribution is 0.585. The summed E-state index contributed by atoms with van der Waals surface area (Å²) in [6.45, 7) is 6.99. The Morgan fingerprint density at radius 3 is 2.81 bits per heavy atom. The van der Waals surface area contributed by atoms with Crippen molar-refractivity contribution in [1.82, 2.24) is 15.0 Å². The summed E-state index contributed by atoms with van der Waals surface area (Å²) in [5.74, 6) is 1.18. The molecule has 21 heavy (non-hydrogen) atoms. The first kappa shape index (κ1) is 14.0. The maximum atomic E-state index is 4.85. The number of aromatic nitrogens is 3. The molecule has 4 nitrogen and oxygen atoms in total. The molecule has 0 bridgehead atoms. The molecule has 1 N–H and O–H groups in total. The van der Waals surface area contributed by atoms with Gasteiger partial charge in [-0.3, -0.25) is 9.97 Å². The van der Waals surface area contributed by atoms with Crippen LogP contribution in [0.3, 0.4) is 0 Å². The van der Waals surface area contributed by atoms with Crippen molar-refractivity contribution >= 4 is 5.82 Å². The number of hydrogen-bond acceptors (Lipinski definition) is 4. The van der Waals surface area contributed by atoms with Crippen LogP contribution in [0.25, 0.3) is 0 Å². The van der Waals surface area contributed by atoms with Gasteiger partial charge in [-0.1, -0.05) is 6.07 Å². The third-order valence-electron chi connectivity index (χ3n) is 4.20. The zero-order chi connectivity index (χ0) is 14.8. The van der Waals surface area contributed by atoms with Crippen molar-refractivity contribution in [2.75, 3.05) is 11.9 Å². The van der Waals surface area contributed by atoms with Crippen molar-refractivity contribution in [2.45, 2.75) is 46.0 Å². The summed E-state index contributed by atoms with van der Waals surface area (Å²) in [6, 6.07) is 4.22. The quantitative estimate of drug-likeness (QED) is 0.937. The average Bonchev–Trinajstić information content (AvgIpc) is 2.50. The Bertz CT molecular complexity index is 651. The highest BCUT2D eigenvalue weighted by Crippen LogP contribution is 2.37. The van der Waals surface area contributed by atoms with Gasteiger partial charge < -0.3 is 5.32 Å². The van der Waals surface area contributed by atoms with Gasteiger partial charge in [0.25, 0.3) is 0 Å². The zero-order valence-corrected chi connectivity index (χ0v) is 13.0. The Balaban J connectivity index is 2.10. The number of pyridine rings is 1. The largest absolute Gasteiger partial charge is 0.369 e. The van der Waals surface area contributed by atoms with Crippen LogP contribution in [0.4, 0.5) is 5.82 Å². The fourth-order valence-corrected chi connectivity index (χ4v) is 3.04. The second-order valence-electron chi connectivity index (χ2n) is 5.65. The molecule has 0 aromatic carbocycles. The summed E-state index contributed by atoms with van der Waals surface area (Å²) in [4.78, 5) is 14.2. The number of rotatable bonds is 3. The topological polar surface area (TPSA) is 50.7 Å². The Hall–Kier alpha value is -1.97. The van der Waals surface area contributed by atoms with Crippen LogP contribution in [-0.2, 0) is 6.42 Å². The SMILES string of the molecule is CCNc1nc(C)c(C)nc1C1CCCc2cccnc21. The predicted octanol–water partition coefficient (Wildman–Crippen LogP) is 3.39. The number of anilines is 1. The van der Waals surface area contributed by atoms with E-state index in [1.165, 1.54) is 17.7 Å². The fraction of sp³-hybridized carbons (Fsp3) is 0.471. The second-order valence-corrected chi connectivity index (χ2v) is 5.65. The van der Waals surface area contributed by atoms with Crippen molar-refractivity contribution in [3.63, 3.8) is 0 Å². The van der Waals surface area contributed by atoms with Crippen LogP contribution in [0, 0.1) is 13.8 Å². The van der Waals surface area contributed by atoms with E-state index in [-0.39, 0.29) is 5.92 Å². The Kier molecular flexibility index (Phi) is 3.86. The van der Waals surface area contributed by atoms with Crippen molar-refractivity contribution in [3.05, 3.63) is 46.7 Å². The molecule has 0 radical (unpaired) electrons. The highest BCUT2D eigenvalue weighted by molar-refractivity contribution is 5.48. The first-order chi connectivity index (χ1) is 10.2. The van der Waals surface area contributed by atoms with E-state index in [9.17, 15) is 0 Å². The predicted molar refractivity (Wildman–Crippen MR) is 84.7 cm³/mol. The zero-order valence-electron chi connectivity index (χ0n) is 13.0. The summed E-state index contributed by atoms with van der Waals surface area (Å²) in [5, 5.41) is 3.37. The van der Waals surface area contributed by atoms with Crippen LogP contribution in [0.1, 0.15) is 54.0 Å². The number of nitrogens with one attached hydrogen (secondary N) is 1. The molecule has 110 valence electrons. The minimum Gasteiger partial charge on any atom is -0.369 e. The van der Waals surface area contributed by atoms with E-state index in [1.54, 1.807) is 0 Å². The van der Waals surface area contributed by atoms with Gasteiger partial charge >= 0.3 is 0 Å². The van der Waals surface area contributed by atoms with E-state index < -0.39 is 0 Å². The van der Waals surface area contributed by atoms with Crippen LogP contribution < -0.4 is 5.32 Å². The number of fused-ring (bicyclic) bond motifs is 1. The van der Waals surface area contributed by atoms with E-state index in [1.807, 2.05) is 26.1 Å². The van der Waals surface area contributed by atoms with Gasteiger partial charge in [0, 0.05) is 18.7 Å². The first-order valence-electron chi connectivity index (χ1n) is 7.73. The third kappa shape index (κ3) is 2.62. The van der Waals surface area contributed by atoms with E-state index in [4.69, 9.17) is 9.97 Å². The van der Waals surface area contributed by atoms with E-state index in [0.717, 1.165) is 42.3 Å². The van der Waals surface area contributed by atoms with E-state index >= 15 is 0 Å². The molecule has 2 aromatic heterocycles. The van der Waals surface area contributed by atoms with Gasteiger partial charge in [-0.2, -0.15) is 0 Å².